The number of H-pyrrole nitrogens is 1. The van der Waals surface area contributed by atoms with Gasteiger partial charge in [0.05, 0.1) is 35.5 Å². The van der Waals surface area contributed by atoms with Crippen LogP contribution in [0.2, 0.25) is 0 Å². The molecule has 1 aromatic carbocycles. The van der Waals surface area contributed by atoms with Gasteiger partial charge in [0.2, 0.25) is 0 Å². The number of aryl methyl sites for hydroxylation is 1. The van der Waals surface area contributed by atoms with Crippen molar-refractivity contribution < 1.29 is 9.53 Å². The third-order valence-corrected chi connectivity index (χ3v) is 5.45. The van der Waals surface area contributed by atoms with Crippen LogP contribution in [0.1, 0.15) is 34.2 Å². The number of rotatable bonds is 4. The number of aromatic nitrogens is 3. The lowest BCUT2D eigenvalue weighted by Crippen LogP contribution is -2.14. The summed E-state index contributed by atoms with van der Waals surface area (Å²) in [5.41, 5.74) is 6.00. The molecule has 7 heteroatoms. The molecule has 4 rings (SSSR count). The first-order valence-corrected chi connectivity index (χ1v) is 9.79. The van der Waals surface area contributed by atoms with E-state index in [1.54, 1.807) is 11.8 Å². The van der Waals surface area contributed by atoms with Gasteiger partial charge in [-0.05, 0) is 26.3 Å². The van der Waals surface area contributed by atoms with Crippen molar-refractivity contribution >= 4 is 23.4 Å². The molecule has 3 aromatic rings. The fraction of sp³-hybridized carbons (Fsp3) is 0.250. The van der Waals surface area contributed by atoms with Gasteiger partial charge in [0.25, 0.3) is 0 Å². The molecule has 0 fully saturated rings. The topological polar surface area (TPSA) is 72.3 Å². The molecule has 0 saturated carbocycles. The Labute approximate surface area is 161 Å². The summed E-state index contributed by atoms with van der Waals surface area (Å²) >= 11 is 1.63. The van der Waals surface area contributed by atoms with Crippen molar-refractivity contribution in [2.24, 2.45) is 5.10 Å². The van der Waals surface area contributed by atoms with Crippen molar-refractivity contribution in [2.75, 3.05) is 12.4 Å². The highest BCUT2D eigenvalue weighted by atomic mass is 32.2. The third kappa shape index (κ3) is 3.19. The Kier molecular flexibility index (Phi) is 4.61. The van der Waals surface area contributed by atoms with Crippen LogP contribution in [-0.4, -0.2) is 38.7 Å². The van der Waals surface area contributed by atoms with Crippen LogP contribution < -0.4 is 0 Å². The quantitative estimate of drug-likeness (QED) is 0.694. The fourth-order valence-electron chi connectivity index (χ4n) is 3.23. The van der Waals surface area contributed by atoms with E-state index in [1.165, 1.54) is 0 Å². The zero-order valence-electron chi connectivity index (χ0n) is 15.4. The molecule has 0 unspecified atom stereocenters. The van der Waals surface area contributed by atoms with Gasteiger partial charge in [-0.15, -0.1) is 0 Å². The van der Waals surface area contributed by atoms with Crippen LogP contribution >= 0.6 is 11.8 Å². The van der Waals surface area contributed by atoms with Gasteiger partial charge in [0, 0.05) is 17.0 Å². The maximum absolute atomic E-state index is 12.2. The van der Waals surface area contributed by atoms with E-state index in [4.69, 9.17) is 9.84 Å². The van der Waals surface area contributed by atoms with Crippen LogP contribution in [0.4, 0.5) is 0 Å². The number of ether oxygens (including phenoxy) is 1. The summed E-state index contributed by atoms with van der Waals surface area (Å²) in [6.45, 7) is 5.98. The highest BCUT2D eigenvalue weighted by molar-refractivity contribution is 7.99. The summed E-state index contributed by atoms with van der Waals surface area (Å²) in [5, 5.41) is 5.61. The Morgan fingerprint density at radius 3 is 2.81 bits per heavy atom. The maximum atomic E-state index is 12.2. The molecule has 0 atom stereocenters. The molecule has 1 N–H and O–H groups in total. The molecule has 0 radical (unpaired) electrons. The standard InChI is InChI=1S/C20H20N4O2S/c1-4-26-19(25)17-12(2)18(21-13(17)3)16-11-27-20-22-15(10-24(20)23-16)14-8-6-5-7-9-14/h5-10,21H,4,11H2,1-3H3. The van der Waals surface area contributed by atoms with Gasteiger partial charge < -0.3 is 9.72 Å². The smallest absolute Gasteiger partial charge is 0.340 e. The molecule has 138 valence electrons. The zero-order chi connectivity index (χ0) is 19.0. The second kappa shape index (κ2) is 7.08. The lowest BCUT2D eigenvalue weighted by molar-refractivity contribution is 0.0525. The number of nitrogens with zero attached hydrogens (tertiary/aromatic N) is 3. The van der Waals surface area contributed by atoms with E-state index >= 15 is 0 Å². The van der Waals surface area contributed by atoms with E-state index in [-0.39, 0.29) is 5.97 Å². The number of nitrogens with one attached hydrogen (secondary N) is 1. The van der Waals surface area contributed by atoms with Gasteiger partial charge in [0.1, 0.15) is 0 Å². The summed E-state index contributed by atoms with van der Waals surface area (Å²) in [6, 6.07) is 10.1. The normalized spacial score (nSPS) is 13.2. The van der Waals surface area contributed by atoms with Crippen LogP contribution in [-0.2, 0) is 4.74 Å². The van der Waals surface area contributed by atoms with Crippen LogP contribution in [0, 0.1) is 13.8 Å². The van der Waals surface area contributed by atoms with Gasteiger partial charge >= 0.3 is 5.97 Å². The van der Waals surface area contributed by atoms with Crippen LogP contribution in [0.25, 0.3) is 11.3 Å². The number of hydrogen-bond acceptors (Lipinski definition) is 5. The van der Waals surface area contributed by atoms with Gasteiger partial charge in [-0.25, -0.2) is 14.5 Å². The molecular formula is C20H20N4O2S. The number of thioether (sulfide) groups is 1. The number of esters is 1. The molecular weight excluding hydrogens is 360 g/mol. The number of carbonyl (C=O) groups excluding carboxylic acids is 1. The number of hydrogen-bond donors (Lipinski definition) is 1. The van der Waals surface area contributed by atoms with Crippen molar-refractivity contribution in [3.63, 3.8) is 0 Å². The summed E-state index contributed by atoms with van der Waals surface area (Å²) in [5.74, 6) is 0.391. The average Bonchev–Trinajstić information content (AvgIpc) is 3.22. The fourth-order valence-corrected chi connectivity index (χ4v) is 4.09. The first-order chi connectivity index (χ1) is 13.1. The molecule has 3 heterocycles. The number of aromatic amines is 1. The number of imidazole rings is 1. The largest absolute Gasteiger partial charge is 0.462 e. The van der Waals surface area contributed by atoms with E-state index in [2.05, 4.69) is 9.97 Å². The Morgan fingerprint density at radius 2 is 2.07 bits per heavy atom. The van der Waals surface area contributed by atoms with E-state index in [0.717, 1.165) is 39.1 Å². The molecule has 6 nitrogen and oxygen atoms in total. The Balaban J connectivity index is 1.70. The van der Waals surface area contributed by atoms with Gasteiger partial charge in [-0.2, -0.15) is 5.10 Å². The molecule has 0 amide bonds. The minimum Gasteiger partial charge on any atom is -0.462 e. The number of carbonyl (C=O) groups is 1. The third-order valence-electron chi connectivity index (χ3n) is 4.50. The predicted molar refractivity (Wildman–Crippen MR) is 107 cm³/mol. The molecule has 0 aliphatic carbocycles. The maximum Gasteiger partial charge on any atom is 0.340 e. The van der Waals surface area contributed by atoms with Crippen LogP contribution in [0.15, 0.2) is 46.8 Å². The second-order valence-corrected chi connectivity index (χ2v) is 7.24. The first-order valence-electron chi connectivity index (χ1n) is 8.80. The molecule has 1 aliphatic heterocycles. The average molecular weight is 380 g/mol. The monoisotopic (exact) mass is 380 g/mol. The highest BCUT2D eigenvalue weighted by Gasteiger charge is 2.24. The van der Waals surface area contributed by atoms with Crippen LogP contribution in [0.3, 0.4) is 0 Å². The predicted octanol–water partition coefficient (Wildman–Crippen LogP) is 4.03. The van der Waals surface area contributed by atoms with Gasteiger partial charge in [-0.3, -0.25) is 0 Å². The van der Waals surface area contributed by atoms with Gasteiger partial charge in [-0.1, -0.05) is 42.1 Å². The first kappa shape index (κ1) is 17.6. The van der Waals surface area contributed by atoms with Crippen molar-refractivity contribution in [3.05, 3.63) is 59.0 Å². The van der Waals surface area contributed by atoms with Crippen molar-refractivity contribution in [2.45, 2.75) is 25.9 Å². The van der Waals surface area contributed by atoms with Crippen LogP contribution in [0.5, 0.6) is 0 Å². The Bertz CT molecular complexity index is 1030. The number of fused-ring (bicyclic) bond motifs is 1. The summed E-state index contributed by atoms with van der Waals surface area (Å²) in [7, 11) is 0. The Hall–Kier alpha value is -2.80. The Morgan fingerprint density at radius 1 is 1.30 bits per heavy atom. The summed E-state index contributed by atoms with van der Waals surface area (Å²) in [6.07, 6.45) is 1.94. The van der Waals surface area contributed by atoms with E-state index in [0.29, 0.717) is 17.9 Å². The second-order valence-electron chi connectivity index (χ2n) is 6.30. The summed E-state index contributed by atoms with van der Waals surface area (Å²) in [4.78, 5) is 20.2. The van der Waals surface area contributed by atoms with Crippen molar-refractivity contribution in [1.82, 2.24) is 14.6 Å². The molecule has 0 saturated heterocycles. The SMILES string of the molecule is CCOC(=O)c1c(C)[nH]c(C2=Nn3cc(-c4ccccc4)nc3SC2)c1C. The highest BCUT2D eigenvalue weighted by Crippen LogP contribution is 2.29. The number of benzene rings is 1. The molecule has 2 aromatic heterocycles. The zero-order valence-corrected chi connectivity index (χ0v) is 16.3. The van der Waals surface area contributed by atoms with E-state index < -0.39 is 0 Å². The summed E-state index contributed by atoms with van der Waals surface area (Å²) < 4.78 is 6.99. The molecule has 27 heavy (non-hydrogen) atoms. The van der Waals surface area contributed by atoms with Crippen molar-refractivity contribution in [3.8, 4) is 11.3 Å². The molecule has 0 bridgehead atoms. The minimum absolute atomic E-state index is 0.297. The molecule has 0 spiro atoms. The minimum atomic E-state index is -0.297. The van der Waals surface area contributed by atoms with E-state index in [1.807, 2.05) is 62.0 Å². The van der Waals surface area contributed by atoms with Gasteiger partial charge in [0.15, 0.2) is 5.16 Å². The van der Waals surface area contributed by atoms with Crippen molar-refractivity contribution in [1.29, 1.82) is 0 Å². The van der Waals surface area contributed by atoms with E-state index in [9.17, 15) is 4.79 Å². The lowest BCUT2D eigenvalue weighted by atomic mass is 10.1. The lowest BCUT2D eigenvalue weighted by Gasteiger charge is -2.12. The molecule has 1 aliphatic rings.